The number of nitrogens with one attached hydrogen (secondary N) is 2. The highest BCUT2D eigenvalue weighted by Crippen LogP contribution is 2.39. The van der Waals surface area contributed by atoms with Crippen molar-refractivity contribution in [2.24, 2.45) is 0 Å². The molecule has 33 heavy (non-hydrogen) atoms. The Kier molecular flexibility index (Phi) is 9.22. The highest BCUT2D eigenvalue weighted by molar-refractivity contribution is 9.11. The third kappa shape index (κ3) is 6.67. The average Bonchev–Trinajstić information content (AvgIpc) is 2.81. The van der Waals surface area contributed by atoms with Crippen LogP contribution in [0.1, 0.15) is 11.1 Å². The molecule has 5 nitrogen and oxygen atoms in total. The van der Waals surface area contributed by atoms with Gasteiger partial charge in [0.2, 0.25) is 0 Å². The van der Waals surface area contributed by atoms with Gasteiger partial charge in [0.15, 0.2) is 0 Å². The molecule has 10 heteroatoms. The zero-order valence-electron chi connectivity index (χ0n) is 17.5. The Morgan fingerprint density at radius 2 is 1.21 bits per heavy atom. The van der Waals surface area contributed by atoms with Gasteiger partial charge in [0.05, 0.1) is 24.5 Å². The second-order valence-electron chi connectivity index (χ2n) is 6.78. The number of carbonyl (C=O) groups is 2. The SMILES string of the molecule is CO/C=C(/C(=C/Br)C(F)(F)C(=O)NCc1ccccc1)C(F)(F)C(=O)NCc1ccccc1. The van der Waals surface area contributed by atoms with Crippen LogP contribution in [-0.4, -0.2) is 30.8 Å². The van der Waals surface area contributed by atoms with Crippen LogP contribution < -0.4 is 10.6 Å². The van der Waals surface area contributed by atoms with Gasteiger partial charge >= 0.3 is 11.8 Å². The van der Waals surface area contributed by atoms with Crippen LogP contribution in [0.5, 0.6) is 0 Å². The number of amides is 2. The standard InChI is InChI=1S/C23H21BrF4N2O3/c1-33-15-19(23(27,28)21(32)30-14-17-10-6-3-7-11-17)18(12-24)22(25,26)20(31)29-13-16-8-4-2-5-9-16/h2-12,15H,13-14H2,1H3,(H,29,31)(H,30,32)/b18-12-,19-15-. The van der Waals surface area contributed by atoms with Gasteiger partial charge in [-0.05, 0) is 16.1 Å². The van der Waals surface area contributed by atoms with E-state index in [1.54, 1.807) is 60.7 Å². The van der Waals surface area contributed by atoms with Crippen LogP contribution in [0, 0.1) is 0 Å². The lowest BCUT2D eigenvalue weighted by Crippen LogP contribution is -2.47. The first kappa shape index (κ1) is 26.1. The minimum Gasteiger partial charge on any atom is -0.504 e. The summed E-state index contributed by atoms with van der Waals surface area (Å²) in [6.07, 6.45) is 0.313. The number of carbonyl (C=O) groups excluding carboxylic acids is 2. The van der Waals surface area contributed by atoms with Crippen molar-refractivity contribution < 1.29 is 31.9 Å². The Morgan fingerprint density at radius 1 is 0.818 bits per heavy atom. The number of rotatable bonds is 10. The maximum absolute atomic E-state index is 15.0. The van der Waals surface area contributed by atoms with Crippen molar-refractivity contribution >= 4 is 27.7 Å². The average molecular weight is 529 g/mol. The molecule has 2 aromatic rings. The van der Waals surface area contributed by atoms with E-state index in [1.807, 2.05) is 10.6 Å². The third-order valence-electron chi connectivity index (χ3n) is 4.47. The zero-order chi connectivity index (χ0) is 24.5. The second kappa shape index (κ2) is 11.6. The number of hydrogen-bond donors (Lipinski definition) is 2. The molecule has 0 bridgehead atoms. The molecule has 0 aromatic heterocycles. The van der Waals surface area contributed by atoms with Gasteiger partial charge < -0.3 is 15.4 Å². The van der Waals surface area contributed by atoms with Gasteiger partial charge in [-0.25, -0.2) is 0 Å². The van der Waals surface area contributed by atoms with Crippen LogP contribution in [0.25, 0.3) is 0 Å². The van der Waals surface area contributed by atoms with Gasteiger partial charge in [0.25, 0.3) is 11.8 Å². The van der Waals surface area contributed by atoms with Crippen molar-refractivity contribution in [3.63, 3.8) is 0 Å². The fraction of sp³-hybridized carbons (Fsp3) is 0.217. The van der Waals surface area contributed by atoms with E-state index in [4.69, 9.17) is 0 Å². The van der Waals surface area contributed by atoms with Gasteiger partial charge in [-0.2, -0.15) is 17.6 Å². The highest BCUT2D eigenvalue weighted by Gasteiger charge is 2.53. The molecule has 176 valence electrons. The number of benzene rings is 2. The first-order valence-electron chi connectivity index (χ1n) is 9.59. The van der Waals surface area contributed by atoms with Gasteiger partial charge in [-0.15, -0.1) is 0 Å². The summed E-state index contributed by atoms with van der Waals surface area (Å²) in [5.74, 6) is -12.5. The number of halogens is 5. The lowest BCUT2D eigenvalue weighted by molar-refractivity contribution is -0.144. The van der Waals surface area contributed by atoms with Gasteiger partial charge in [-0.1, -0.05) is 76.6 Å². The van der Waals surface area contributed by atoms with E-state index >= 15 is 0 Å². The minimum atomic E-state index is -4.44. The normalized spacial score (nSPS) is 12.8. The first-order chi connectivity index (χ1) is 15.6. The molecule has 0 atom stereocenters. The Labute approximate surface area is 196 Å². The Morgan fingerprint density at radius 3 is 1.58 bits per heavy atom. The fourth-order valence-corrected chi connectivity index (χ4v) is 3.28. The Balaban J connectivity index is 2.23. The molecular formula is C23H21BrF4N2O3. The number of alkyl halides is 4. The van der Waals surface area contributed by atoms with Crippen molar-refractivity contribution in [2.75, 3.05) is 7.11 Å². The monoisotopic (exact) mass is 528 g/mol. The lowest BCUT2D eigenvalue weighted by Gasteiger charge is -2.25. The molecule has 0 aliphatic carbocycles. The Hall–Kier alpha value is -3.14. The predicted octanol–water partition coefficient (Wildman–Crippen LogP) is 4.70. The third-order valence-corrected chi connectivity index (χ3v) is 4.93. The molecule has 2 N–H and O–H groups in total. The summed E-state index contributed by atoms with van der Waals surface area (Å²) < 4.78 is 64.3. The van der Waals surface area contributed by atoms with Gasteiger partial charge in [0, 0.05) is 13.1 Å². The molecule has 2 aromatic carbocycles. The van der Waals surface area contributed by atoms with Crippen molar-refractivity contribution in [1.29, 1.82) is 0 Å². The second-order valence-corrected chi connectivity index (χ2v) is 7.23. The van der Waals surface area contributed by atoms with E-state index in [2.05, 4.69) is 20.7 Å². The molecule has 0 aliphatic rings. The van der Waals surface area contributed by atoms with E-state index < -0.39 is 34.8 Å². The molecule has 0 radical (unpaired) electrons. The maximum Gasteiger partial charge on any atom is 0.353 e. The lowest BCUT2D eigenvalue weighted by atomic mass is 9.95. The van der Waals surface area contributed by atoms with Gasteiger partial charge in [-0.3, -0.25) is 9.59 Å². The van der Waals surface area contributed by atoms with E-state index in [0.29, 0.717) is 22.4 Å². The molecule has 0 saturated heterocycles. The molecule has 0 unspecified atom stereocenters. The summed E-state index contributed by atoms with van der Waals surface area (Å²) in [4.78, 5) is 24.9. The molecule has 0 aliphatic heterocycles. The van der Waals surface area contributed by atoms with Crippen LogP contribution in [-0.2, 0) is 27.4 Å². The van der Waals surface area contributed by atoms with Crippen LogP contribution in [0.4, 0.5) is 17.6 Å². The quantitative estimate of drug-likeness (QED) is 0.267. The maximum atomic E-state index is 15.0. The van der Waals surface area contributed by atoms with Crippen LogP contribution in [0.15, 0.2) is 83.1 Å². The highest BCUT2D eigenvalue weighted by atomic mass is 79.9. The topological polar surface area (TPSA) is 67.4 Å². The zero-order valence-corrected chi connectivity index (χ0v) is 19.0. The molecule has 2 amide bonds. The summed E-state index contributed by atoms with van der Waals surface area (Å²) >= 11 is 2.62. The van der Waals surface area contributed by atoms with E-state index in [1.165, 1.54) is 0 Å². The Bertz CT molecular complexity index is 1010. The molecule has 0 heterocycles. The van der Waals surface area contributed by atoms with E-state index in [-0.39, 0.29) is 13.1 Å². The molecule has 0 spiro atoms. The molecule has 2 rings (SSSR count). The predicted molar refractivity (Wildman–Crippen MR) is 119 cm³/mol. The summed E-state index contributed by atoms with van der Waals surface area (Å²) in [5, 5.41) is 4.03. The largest absolute Gasteiger partial charge is 0.504 e. The summed E-state index contributed by atoms with van der Waals surface area (Å²) in [5.41, 5.74) is -1.83. The minimum absolute atomic E-state index is 0.248. The summed E-state index contributed by atoms with van der Waals surface area (Å²) in [6.45, 7) is -0.501. The van der Waals surface area contributed by atoms with Gasteiger partial charge in [0.1, 0.15) is 0 Å². The molecule has 0 fully saturated rings. The van der Waals surface area contributed by atoms with Crippen molar-refractivity contribution in [3.8, 4) is 0 Å². The van der Waals surface area contributed by atoms with Crippen LogP contribution >= 0.6 is 15.9 Å². The smallest absolute Gasteiger partial charge is 0.353 e. The van der Waals surface area contributed by atoms with Crippen molar-refractivity contribution in [1.82, 2.24) is 10.6 Å². The molecule has 0 saturated carbocycles. The number of ether oxygens (including phenoxy) is 1. The number of hydrogen-bond acceptors (Lipinski definition) is 3. The van der Waals surface area contributed by atoms with E-state index in [0.717, 1.165) is 7.11 Å². The fourth-order valence-electron chi connectivity index (χ4n) is 2.74. The van der Waals surface area contributed by atoms with Crippen LogP contribution in [0.2, 0.25) is 0 Å². The first-order valence-corrected chi connectivity index (χ1v) is 10.5. The molecular weight excluding hydrogens is 508 g/mol. The van der Waals surface area contributed by atoms with Crippen molar-refractivity contribution in [3.05, 3.63) is 94.2 Å². The number of methoxy groups -OCH3 is 1. The van der Waals surface area contributed by atoms with Crippen molar-refractivity contribution in [2.45, 2.75) is 24.9 Å². The summed E-state index contributed by atoms with van der Waals surface area (Å²) in [7, 11) is 0.956. The summed E-state index contributed by atoms with van der Waals surface area (Å²) in [6, 6.07) is 16.4. The van der Waals surface area contributed by atoms with E-state index in [9.17, 15) is 27.2 Å². The van der Waals surface area contributed by atoms with Crippen LogP contribution in [0.3, 0.4) is 0 Å².